The molecule has 0 heterocycles. The first-order valence-corrected chi connectivity index (χ1v) is 7.52. The van der Waals surface area contributed by atoms with Gasteiger partial charge in [0.25, 0.3) is 0 Å². The second-order valence-electron chi connectivity index (χ2n) is 5.21. The SMILES string of the molecule is ON=C(c1ccccc1)C(Nc1ccccc1)c1ccccc1. The van der Waals surface area contributed by atoms with Crippen LogP contribution in [-0.2, 0) is 0 Å². The second kappa shape index (κ2) is 7.27. The fraction of sp³-hybridized carbons (Fsp3) is 0.0500. The van der Waals surface area contributed by atoms with Gasteiger partial charge >= 0.3 is 0 Å². The number of nitrogens with zero attached hydrogens (tertiary/aromatic N) is 1. The summed E-state index contributed by atoms with van der Waals surface area (Å²) in [6.07, 6.45) is 0. The average Bonchev–Trinajstić information content (AvgIpc) is 2.64. The first-order chi connectivity index (χ1) is 11.4. The van der Waals surface area contributed by atoms with Gasteiger partial charge in [0, 0.05) is 11.3 Å². The lowest BCUT2D eigenvalue weighted by Gasteiger charge is -2.21. The predicted octanol–water partition coefficient (Wildman–Crippen LogP) is 4.72. The Morgan fingerprint density at radius 2 is 1.26 bits per heavy atom. The van der Waals surface area contributed by atoms with Crippen molar-refractivity contribution in [1.29, 1.82) is 0 Å². The first-order valence-electron chi connectivity index (χ1n) is 7.52. The van der Waals surface area contributed by atoms with E-state index in [0.717, 1.165) is 16.8 Å². The van der Waals surface area contributed by atoms with E-state index >= 15 is 0 Å². The van der Waals surface area contributed by atoms with Gasteiger partial charge in [-0.05, 0) is 17.7 Å². The van der Waals surface area contributed by atoms with Gasteiger partial charge in [-0.3, -0.25) is 0 Å². The van der Waals surface area contributed by atoms with Crippen LogP contribution in [0.1, 0.15) is 17.2 Å². The van der Waals surface area contributed by atoms with Gasteiger partial charge in [0.05, 0.1) is 6.04 Å². The Hall–Kier alpha value is -3.07. The van der Waals surface area contributed by atoms with Crippen molar-refractivity contribution in [2.45, 2.75) is 6.04 Å². The molecule has 0 radical (unpaired) electrons. The largest absolute Gasteiger partial charge is 0.411 e. The molecule has 1 atom stereocenters. The Morgan fingerprint density at radius 1 is 0.739 bits per heavy atom. The molecule has 2 N–H and O–H groups in total. The molecule has 0 spiro atoms. The maximum absolute atomic E-state index is 9.64. The third-order valence-electron chi connectivity index (χ3n) is 3.67. The van der Waals surface area contributed by atoms with Gasteiger partial charge in [-0.15, -0.1) is 0 Å². The molecular formula is C20H18N2O. The molecular weight excluding hydrogens is 284 g/mol. The van der Waals surface area contributed by atoms with Crippen LogP contribution in [0.3, 0.4) is 0 Å². The molecule has 0 fully saturated rings. The molecule has 23 heavy (non-hydrogen) atoms. The number of anilines is 1. The minimum atomic E-state index is -0.244. The normalized spacial score (nSPS) is 12.6. The molecule has 3 nitrogen and oxygen atoms in total. The molecule has 3 aromatic rings. The number of para-hydroxylation sites is 1. The monoisotopic (exact) mass is 302 g/mol. The highest BCUT2D eigenvalue weighted by molar-refractivity contribution is 6.05. The van der Waals surface area contributed by atoms with Crippen molar-refractivity contribution < 1.29 is 5.21 Å². The highest BCUT2D eigenvalue weighted by atomic mass is 16.4. The molecule has 3 aromatic carbocycles. The summed E-state index contributed by atoms with van der Waals surface area (Å²) < 4.78 is 0. The van der Waals surface area contributed by atoms with Gasteiger partial charge in [0.15, 0.2) is 0 Å². The van der Waals surface area contributed by atoms with Crippen molar-refractivity contribution in [3.8, 4) is 0 Å². The summed E-state index contributed by atoms with van der Waals surface area (Å²) in [5.41, 5.74) is 3.47. The minimum absolute atomic E-state index is 0.244. The van der Waals surface area contributed by atoms with Crippen molar-refractivity contribution in [1.82, 2.24) is 0 Å². The number of nitrogens with one attached hydrogen (secondary N) is 1. The lowest BCUT2D eigenvalue weighted by molar-refractivity contribution is 0.317. The Balaban J connectivity index is 2.01. The van der Waals surface area contributed by atoms with E-state index in [1.54, 1.807) is 0 Å². The first kappa shape index (κ1) is 14.9. The quantitative estimate of drug-likeness (QED) is 0.407. The average molecular weight is 302 g/mol. The smallest absolute Gasteiger partial charge is 0.114 e. The summed E-state index contributed by atoms with van der Waals surface area (Å²) in [5.74, 6) is 0. The van der Waals surface area contributed by atoms with Crippen molar-refractivity contribution in [3.63, 3.8) is 0 Å². The minimum Gasteiger partial charge on any atom is -0.411 e. The molecule has 1 unspecified atom stereocenters. The van der Waals surface area contributed by atoms with E-state index in [-0.39, 0.29) is 6.04 Å². The molecule has 114 valence electrons. The Kier molecular flexibility index (Phi) is 4.69. The van der Waals surface area contributed by atoms with Crippen LogP contribution < -0.4 is 5.32 Å². The van der Waals surface area contributed by atoms with E-state index in [1.807, 2.05) is 91.0 Å². The number of hydrogen-bond donors (Lipinski definition) is 2. The van der Waals surface area contributed by atoms with E-state index < -0.39 is 0 Å². The summed E-state index contributed by atoms with van der Waals surface area (Å²) in [4.78, 5) is 0. The molecule has 0 aliphatic carbocycles. The lowest BCUT2D eigenvalue weighted by Crippen LogP contribution is -2.22. The van der Waals surface area contributed by atoms with Crippen molar-refractivity contribution >= 4 is 11.4 Å². The van der Waals surface area contributed by atoms with Gasteiger partial charge < -0.3 is 10.5 Å². The molecule has 0 saturated carbocycles. The van der Waals surface area contributed by atoms with E-state index in [0.29, 0.717) is 5.71 Å². The zero-order chi connectivity index (χ0) is 15.9. The van der Waals surface area contributed by atoms with Crippen LogP contribution >= 0.6 is 0 Å². The standard InChI is InChI=1S/C20H18N2O/c23-22-20(17-12-6-2-7-13-17)19(16-10-4-1-5-11-16)21-18-14-8-3-9-15-18/h1-15,19,21,23H. The zero-order valence-electron chi connectivity index (χ0n) is 12.6. The third kappa shape index (κ3) is 3.58. The summed E-state index contributed by atoms with van der Waals surface area (Å²) in [6.45, 7) is 0. The third-order valence-corrected chi connectivity index (χ3v) is 3.67. The number of rotatable bonds is 5. The zero-order valence-corrected chi connectivity index (χ0v) is 12.6. The fourth-order valence-corrected chi connectivity index (χ4v) is 2.55. The fourth-order valence-electron chi connectivity index (χ4n) is 2.55. The van der Waals surface area contributed by atoms with Crippen LogP contribution in [0.2, 0.25) is 0 Å². The molecule has 0 bridgehead atoms. The van der Waals surface area contributed by atoms with Crippen LogP contribution in [0.5, 0.6) is 0 Å². The van der Waals surface area contributed by atoms with Gasteiger partial charge in [0.1, 0.15) is 5.71 Å². The maximum atomic E-state index is 9.64. The second-order valence-corrected chi connectivity index (χ2v) is 5.21. The highest BCUT2D eigenvalue weighted by Gasteiger charge is 2.20. The van der Waals surface area contributed by atoms with E-state index in [2.05, 4.69) is 10.5 Å². The topological polar surface area (TPSA) is 44.6 Å². The van der Waals surface area contributed by atoms with Gasteiger partial charge in [-0.1, -0.05) is 84.0 Å². The van der Waals surface area contributed by atoms with Crippen LogP contribution in [0, 0.1) is 0 Å². The molecule has 3 rings (SSSR count). The summed E-state index contributed by atoms with van der Waals surface area (Å²) in [5, 5.41) is 16.7. The molecule has 3 heteroatoms. The predicted molar refractivity (Wildman–Crippen MR) is 94.0 cm³/mol. The number of oxime groups is 1. The Morgan fingerprint density at radius 3 is 1.83 bits per heavy atom. The summed E-state index contributed by atoms with van der Waals surface area (Å²) >= 11 is 0. The molecule has 0 aromatic heterocycles. The maximum Gasteiger partial charge on any atom is 0.114 e. The van der Waals surface area contributed by atoms with Crippen LogP contribution in [0.25, 0.3) is 0 Å². The van der Waals surface area contributed by atoms with Gasteiger partial charge in [-0.25, -0.2) is 0 Å². The van der Waals surface area contributed by atoms with Crippen LogP contribution in [-0.4, -0.2) is 10.9 Å². The lowest BCUT2D eigenvalue weighted by atomic mass is 9.96. The molecule has 0 amide bonds. The van der Waals surface area contributed by atoms with Crippen LogP contribution in [0.15, 0.2) is 96.2 Å². The summed E-state index contributed by atoms with van der Waals surface area (Å²) in [7, 11) is 0. The Labute approximate surface area is 135 Å². The van der Waals surface area contributed by atoms with Crippen molar-refractivity contribution in [3.05, 3.63) is 102 Å². The van der Waals surface area contributed by atoms with Gasteiger partial charge in [-0.2, -0.15) is 0 Å². The Bertz CT molecular complexity index is 755. The highest BCUT2D eigenvalue weighted by Crippen LogP contribution is 2.24. The molecule has 0 aliphatic rings. The number of hydrogen-bond acceptors (Lipinski definition) is 3. The van der Waals surface area contributed by atoms with E-state index in [4.69, 9.17) is 0 Å². The van der Waals surface area contributed by atoms with Crippen LogP contribution in [0.4, 0.5) is 5.69 Å². The van der Waals surface area contributed by atoms with E-state index in [9.17, 15) is 5.21 Å². The van der Waals surface area contributed by atoms with Crippen molar-refractivity contribution in [2.75, 3.05) is 5.32 Å². The molecule has 0 aliphatic heterocycles. The van der Waals surface area contributed by atoms with Gasteiger partial charge in [0.2, 0.25) is 0 Å². The summed E-state index contributed by atoms with van der Waals surface area (Å²) in [6, 6.07) is 29.4. The van der Waals surface area contributed by atoms with Crippen molar-refractivity contribution in [2.24, 2.45) is 5.16 Å². The molecule has 0 saturated heterocycles. The number of benzene rings is 3. The van der Waals surface area contributed by atoms with E-state index in [1.165, 1.54) is 0 Å².